The summed E-state index contributed by atoms with van der Waals surface area (Å²) in [4.78, 5) is 0. The topological polar surface area (TPSA) is 33.0 Å². The number of hydrogen-bond donors (Lipinski definition) is 0. The maximum absolute atomic E-state index is 7.40. The molecule has 0 spiro atoms. The average Bonchev–Trinajstić information content (AvgIpc) is 1.37. The molecule has 0 aromatic carbocycles. The molecule has 0 N–H and O–H groups in total. The minimum absolute atomic E-state index is 0. The van der Waals surface area contributed by atoms with Crippen molar-refractivity contribution >= 4 is 13.5 Å². The van der Waals surface area contributed by atoms with Crippen molar-refractivity contribution in [2.75, 3.05) is 7.11 Å². The summed E-state index contributed by atoms with van der Waals surface area (Å²) in [6.07, 6.45) is 1.43. The molecule has 0 aliphatic rings. The zero-order valence-corrected chi connectivity index (χ0v) is 3.86. The molecular weight excluding hydrogens is 86.1 g/mol. The van der Waals surface area contributed by atoms with E-state index < -0.39 is 0 Å². The van der Waals surface area contributed by atoms with Crippen LogP contribution >= 0.6 is 13.5 Å². The summed E-state index contributed by atoms with van der Waals surface area (Å²) in [6, 6.07) is 0. The van der Waals surface area contributed by atoms with Crippen LogP contribution in [0.3, 0.4) is 0 Å². The van der Waals surface area contributed by atoms with Gasteiger partial charge in [-0.2, -0.15) is 18.8 Å². The normalized spacial score (nSPS) is 3.20. The summed E-state index contributed by atoms with van der Waals surface area (Å²) in [5.74, 6) is 0. The van der Waals surface area contributed by atoms with E-state index in [0.29, 0.717) is 0 Å². The first kappa shape index (κ1) is 8.82. The summed E-state index contributed by atoms with van der Waals surface area (Å²) >= 11 is 0. The van der Waals surface area contributed by atoms with Crippen molar-refractivity contribution in [1.82, 2.24) is 0 Å². The van der Waals surface area contributed by atoms with Gasteiger partial charge >= 0.3 is 0 Å². The molecular formula is C2H5NOS. The van der Waals surface area contributed by atoms with Gasteiger partial charge in [0.2, 0.25) is 0 Å². The van der Waals surface area contributed by atoms with Crippen LogP contribution in [0.25, 0.3) is 0 Å². The number of nitrogens with zero attached hydrogens (tertiary/aromatic N) is 1. The van der Waals surface area contributed by atoms with Crippen molar-refractivity contribution in [2.45, 2.75) is 0 Å². The maximum Gasteiger partial charge on any atom is 0.286 e. The number of rotatable bonds is 0. The second-order valence-corrected chi connectivity index (χ2v) is 0.295. The lowest BCUT2D eigenvalue weighted by molar-refractivity contribution is 0.362. The molecule has 3 heteroatoms. The molecule has 0 aromatic heterocycles. The minimum atomic E-state index is 0. The van der Waals surface area contributed by atoms with E-state index in [2.05, 4.69) is 4.74 Å². The van der Waals surface area contributed by atoms with Crippen LogP contribution in [0.1, 0.15) is 0 Å². The van der Waals surface area contributed by atoms with Crippen molar-refractivity contribution in [3.8, 4) is 6.26 Å². The highest BCUT2D eigenvalue weighted by Gasteiger charge is 1.42. The Labute approximate surface area is 37.8 Å². The largest absolute Gasteiger partial charge is 0.431 e. The smallest absolute Gasteiger partial charge is 0.286 e. The van der Waals surface area contributed by atoms with E-state index in [1.807, 2.05) is 0 Å². The van der Waals surface area contributed by atoms with Crippen LogP contribution in [-0.4, -0.2) is 7.11 Å². The number of nitriles is 1. The van der Waals surface area contributed by atoms with Crippen molar-refractivity contribution in [3.63, 3.8) is 0 Å². The van der Waals surface area contributed by atoms with Gasteiger partial charge in [-0.15, -0.1) is 0 Å². The molecule has 0 aliphatic carbocycles. The van der Waals surface area contributed by atoms with Gasteiger partial charge in [0.05, 0.1) is 7.11 Å². The first-order chi connectivity index (χ1) is 1.91. The standard InChI is InChI=1S/C2H3NO.H2S/c1-4-2-3;/h1H3;1H2. The maximum atomic E-state index is 7.40. The fourth-order valence-electron chi connectivity index (χ4n) is 0. The third-order valence-corrected chi connectivity index (χ3v) is 0.0913. The number of ether oxygens (including phenoxy) is 1. The molecule has 0 aromatic rings. The molecule has 0 amide bonds. The van der Waals surface area contributed by atoms with E-state index in [1.54, 1.807) is 0 Å². The van der Waals surface area contributed by atoms with Crippen LogP contribution in [0.2, 0.25) is 0 Å². The van der Waals surface area contributed by atoms with Gasteiger partial charge in [-0.25, -0.2) is 0 Å². The van der Waals surface area contributed by atoms with E-state index in [-0.39, 0.29) is 13.5 Å². The van der Waals surface area contributed by atoms with Crippen LogP contribution < -0.4 is 0 Å². The Morgan fingerprint density at radius 1 is 1.80 bits per heavy atom. The van der Waals surface area contributed by atoms with Crippen LogP contribution in [0.4, 0.5) is 0 Å². The minimum Gasteiger partial charge on any atom is -0.431 e. The quantitative estimate of drug-likeness (QED) is 0.400. The molecule has 0 bridgehead atoms. The second-order valence-electron chi connectivity index (χ2n) is 0.295. The molecule has 30 valence electrons. The molecule has 5 heavy (non-hydrogen) atoms. The van der Waals surface area contributed by atoms with E-state index in [4.69, 9.17) is 5.26 Å². The SMILES string of the molecule is COC#N.S. The molecule has 0 aliphatic heterocycles. The van der Waals surface area contributed by atoms with E-state index >= 15 is 0 Å². The molecule has 0 atom stereocenters. The van der Waals surface area contributed by atoms with Gasteiger partial charge in [0, 0.05) is 0 Å². The second kappa shape index (κ2) is 9.43. The summed E-state index contributed by atoms with van der Waals surface area (Å²) in [5, 5.41) is 7.40. The Bertz CT molecular complexity index is 39.4. The summed E-state index contributed by atoms with van der Waals surface area (Å²) in [5.41, 5.74) is 0. The zero-order valence-electron chi connectivity index (χ0n) is 2.86. The molecule has 0 unspecified atom stereocenters. The highest BCUT2D eigenvalue weighted by molar-refractivity contribution is 7.59. The van der Waals surface area contributed by atoms with Crippen LogP contribution in [-0.2, 0) is 4.74 Å². The molecule has 0 heterocycles. The van der Waals surface area contributed by atoms with Gasteiger partial charge in [0.15, 0.2) is 0 Å². The van der Waals surface area contributed by atoms with E-state index in [0.717, 1.165) is 0 Å². The van der Waals surface area contributed by atoms with E-state index in [1.165, 1.54) is 13.4 Å². The van der Waals surface area contributed by atoms with Gasteiger partial charge in [0.1, 0.15) is 0 Å². The first-order valence-corrected chi connectivity index (χ1v) is 0.836. The Morgan fingerprint density at radius 3 is 2.00 bits per heavy atom. The lowest BCUT2D eigenvalue weighted by atomic mass is 11.5. The van der Waals surface area contributed by atoms with Crippen LogP contribution in [0.5, 0.6) is 0 Å². The zero-order chi connectivity index (χ0) is 3.41. The highest BCUT2D eigenvalue weighted by atomic mass is 32.1. The van der Waals surface area contributed by atoms with Crippen LogP contribution in [0, 0.1) is 11.5 Å². The molecule has 0 saturated carbocycles. The molecule has 0 saturated heterocycles. The third kappa shape index (κ3) is 23.9. The molecule has 0 rings (SSSR count). The summed E-state index contributed by atoms with van der Waals surface area (Å²) in [7, 11) is 1.32. The Balaban J connectivity index is 0. The van der Waals surface area contributed by atoms with E-state index in [9.17, 15) is 0 Å². The Kier molecular flexibility index (Phi) is 16.6. The van der Waals surface area contributed by atoms with Gasteiger partial charge in [-0.05, 0) is 0 Å². The lowest BCUT2D eigenvalue weighted by Crippen LogP contribution is -1.55. The third-order valence-electron chi connectivity index (χ3n) is 0.0913. The fraction of sp³-hybridized carbons (Fsp3) is 0.500. The fourth-order valence-corrected chi connectivity index (χ4v) is 0. The molecule has 0 radical (unpaired) electrons. The number of methoxy groups -OCH3 is 1. The predicted molar refractivity (Wildman–Crippen MR) is 23.0 cm³/mol. The van der Waals surface area contributed by atoms with Gasteiger partial charge in [-0.1, -0.05) is 0 Å². The van der Waals surface area contributed by atoms with Gasteiger partial charge < -0.3 is 4.74 Å². The summed E-state index contributed by atoms with van der Waals surface area (Å²) < 4.78 is 3.85. The van der Waals surface area contributed by atoms with Crippen LogP contribution in [0.15, 0.2) is 0 Å². The summed E-state index contributed by atoms with van der Waals surface area (Å²) in [6.45, 7) is 0. The highest BCUT2D eigenvalue weighted by Crippen LogP contribution is 1.41. The average molecular weight is 91.1 g/mol. The number of hydrogen-bond acceptors (Lipinski definition) is 2. The van der Waals surface area contributed by atoms with Gasteiger partial charge in [-0.3, -0.25) is 0 Å². The van der Waals surface area contributed by atoms with Crippen molar-refractivity contribution in [3.05, 3.63) is 0 Å². The Hall–Kier alpha value is -0.360. The van der Waals surface area contributed by atoms with Crippen molar-refractivity contribution in [1.29, 1.82) is 5.26 Å². The molecule has 0 fully saturated rings. The lowest BCUT2D eigenvalue weighted by Gasteiger charge is -1.61. The van der Waals surface area contributed by atoms with Crippen molar-refractivity contribution < 1.29 is 4.74 Å². The Morgan fingerprint density at radius 2 is 2.00 bits per heavy atom. The predicted octanol–water partition coefficient (Wildman–Crippen LogP) is 0.227. The monoisotopic (exact) mass is 91.0 g/mol. The van der Waals surface area contributed by atoms with Gasteiger partial charge in [0.25, 0.3) is 6.26 Å². The molecule has 2 nitrogen and oxygen atoms in total. The first-order valence-electron chi connectivity index (χ1n) is 0.836. The van der Waals surface area contributed by atoms with Crippen molar-refractivity contribution in [2.24, 2.45) is 0 Å².